The Labute approximate surface area is 161 Å². The van der Waals surface area contributed by atoms with E-state index in [1.807, 2.05) is 0 Å². The maximum atomic E-state index is 13.1. The van der Waals surface area contributed by atoms with E-state index < -0.39 is 0 Å². The molecule has 3 amide bonds. The fourth-order valence-corrected chi connectivity index (χ4v) is 3.40. The standard InChI is InChI=1S/C19H22FN5O3/c1-24(11-16-22-18(28-23-16)12-3-2-4-12)19(27)21-14-9-17(26)25(10-14)15-7-5-13(20)6-8-15/h5-8,12,14H,2-4,9-11H2,1H3,(H,21,27). The van der Waals surface area contributed by atoms with E-state index in [2.05, 4.69) is 15.5 Å². The van der Waals surface area contributed by atoms with E-state index in [0.717, 1.165) is 12.8 Å². The molecule has 1 aliphatic carbocycles. The second kappa shape index (κ2) is 7.57. The lowest BCUT2D eigenvalue weighted by Gasteiger charge is -2.21. The van der Waals surface area contributed by atoms with Gasteiger partial charge in [0, 0.05) is 31.6 Å². The van der Waals surface area contributed by atoms with Crippen LogP contribution in [0.15, 0.2) is 28.8 Å². The number of rotatable bonds is 5. The van der Waals surface area contributed by atoms with Crippen LogP contribution in [0, 0.1) is 5.82 Å². The topological polar surface area (TPSA) is 91.6 Å². The van der Waals surface area contributed by atoms with Gasteiger partial charge in [-0.15, -0.1) is 0 Å². The van der Waals surface area contributed by atoms with Gasteiger partial charge in [-0.25, -0.2) is 9.18 Å². The zero-order valence-electron chi connectivity index (χ0n) is 15.6. The Morgan fingerprint density at radius 1 is 1.36 bits per heavy atom. The molecular formula is C19H22FN5O3. The lowest BCUT2D eigenvalue weighted by Crippen LogP contribution is -2.44. The molecule has 1 saturated carbocycles. The van der Waals surface area contributed by atoms with Gasteiger partial charge in [0.25, 0.3) is 0 Å². The van der Waals surface area contributed by atoms with Crippen molar-refractivity contribution in [2.24, 2.45) is 0 Å². The Morgan fingerprint density at radius 3 is 2.79 bits per heavy atom. The molecule has 1 aromatic carbocycles. The Hall–Kier alpha value is -2.97. The van der Waals surface area contributed by atoms with Crippen molar-refractivity contribution in [2.45, 2.75) is 44.2 Å². The van der Waals surface area contributed by atoms with Crippen LogP contribution < -0.4 is 10.2 Å². The lowest BCUT2D eigenvalue weighted by atomic mass is 9.85. The van der Waals surface area contributed by atoms with Crippen molar-refractivity contribution in [1.82, 2.24) is 20.4 Å². The van der Waals surface area contributed by atoms with Crippen LogP contribution in [0.1, 0.15) is 43.3 Å². The molecule has 1 aliphatic heterocycles. The normalized spacial score (nSPS) is 19.6. The van der Waals surface area contributed by atoms with E-state index in [-0.39, 0.29) is 36.8 Å². The van der Waals surface area contributed by atoms with Crippen LogP contribution in [0.4, 0.5) is 14.9 Å². The van der Waals surface area contributed by atoms with E-state index in [1.165, 1.54) is 23.5 Å². The van der Waals surface area contributed by atoms with E-state index in [0.29, 0.717) is 29.9 Å². The summed E-state index contributed by atoms with van der Waals surface area (Å²) in [6.45, 7) is 0.572. The van der Waals surface area contributed by atoms with Crippen molar-refractivity contribution in [3.8, 4) is 0 Å². The molecule has 0 bridgehead atoms. The summed E-state index contributed by atoms with van der Waals surface area (Å²) >= 11 is 0. The number of aromatic nitrogens is 2. The summed E-state index contributed by atoms with van der Waals surface area (Å²) < 4.78 is 18.3. The predicted octanol–water partition coefficient (Wildman–Crippen LogP) is 2.42. The van der Waals surface area contributed by atoms with Crippen LogP contribution in [-0.4, -0.2) is 46.6 Å². The Balaban J connectivity index is 1.31. The number of benzene rings is 1. The van der Waals surface area contributed by atoms with Gasteiger partial charge in [0.1, 0.15) is 5.82 Å². The predicted molar refractivity (Wildman–Crippen MR) is 98.0 cm³/mol. The highest BCUT2D eigenvalue weighted by molar-refractivity contribution is 5.96. The molecule has 1 atom stereocenters. The minimum atomic E-state index is -0.358. The first kappa shape index (κ1) is 18.4. The summed E-state index contributed by atoms with van der Waals surface area (Å²) in [5.74, 6) is 0.996. The number of urea groups is 1. The highest BCUT2D eigenvalue weighted by Crippen LogP contribution is 2.35. The van der Waals surface area contributed by atoms with Gasteiger partial charge in [-0.05, 0) is 37.1 Å². The SMILES string of the molecule is CN(Cc1noc(C2CCC2)n1)C(=O)NC1CC(=O)N(c2ccc(F)cc2)C1. The quantitative estimate of drug-likeness (QED) is 0.851. The summed E-state index contributed by atoms with van der Waals surface area (Å²) in [6.07, 6.45) is 3.52. The van der Waals surface area contributed by atoms with Gasteiger partial charge < -0.3 is 19.6 Å². The van der Waals surface area contributed by atoms with Crippen molar-refractivity contribution in [2.75, 3.05) is 18.5 Å². The molecule has 1 aromatic heterocycles. The fourth-order valence-electron chi connectivity index (χ4n) is 3.40. The van der Waals surface area contributed by atoms with Gasteiger partial charge in [-0.2, -0.15) is 4.98 Å². The van der Waals surface area contributed by atoms with Crippen LogP contribution in [0.2, 0.25) is 0 Å². The van der Waals surface area contributed by atoms with E-state index in [9.17, 15) is 14.0 Å². The van der Waals surface area contributed by atoms with Crippen molar-refractivity contribution < 1.29 is 18.5 Å². The molecule has 2 heterocycles. The minimum absolute atomic E-state index is 0.108. The van der Waals surface area contributed by atoms with Gasteiger partial charge in [-0.1, -0.05) is 11.6 Å². The first-order chi connectivity index (χ1) is 13.5. The number of nitrogens with one attached hydrogen (secondary N) is 1. The number of nitrogens with zero attached hydrogens (tertiary/aromatic N) is 4. The number of carbonyl (C=O) groups is 2. The molecule has 148 valence electrons. The third-order valence-corrected chi connectivity index (χ3v) is 5.25. The summed E-state index contributed by atoms with van der Waals surface area (Å²) in [6, 6.07) is 5.10. The first-order valence-electron chi connectivity index (χ1n) is 9.39. The van der Waals surface area contributed by atoms with Crippen LogP contribution in [0.3, 0.4) is 0 Å². The zero-order chi connectivity index (χ0) is 19.7. The lowest BCUT2D eigenvalue weighted by molar-refractivity contribution is -0.117. The van der Waals surface area contributed by atoms with Crippen molar-refractivity contribution in [3.05, 3.63) is 41.8 Å². The van der Waals surface area contributed by atoms with Gasteiger partial charge >= 0.3 is 6.03 Å². The maximum Gasteiger partial charge on any atom is 0.317 e. The zero-order valence-corrected chi connectivity index (χ0v) is 15.6. The minimum Gasteiger partial charge on any atom is -0.339 e. The molecule has 2 aliphatic rings. The summed E-state index contributed by atoms with van der Waals surface area (Å²) in [5.41, 5.74) is 0.617. The average Bonchev–Trinajstić information content (AvgIpc) is 3.21. The number of halogens is 1. The number of amides is 3. The molecule has 2 fully saturated rings. The molecular weight excluding hydrogens is 365 g/mol. The van der Waals surface area contributed by atoms with Gasteiger partial charge in [0.2, 0.25) is 11.8 Å². The number of hydrogen-bond acceptors (Lipinski definition) is 5. The molecule has 28 heavy (non-hydrogen) atoms. The molecule has 4 rings (SSSR count). The molecule has 1 N–H and O–H groups in total. The van der Waals surface area contributed by atoms with Crippen molar-refractivity contribution in [1.29, 1.82) is 0 Å². The Kier molecular flexibility index (Phi) is 4.97. The summed E-state index contributed by atoms with van der Waals surface area (Å²) in [7, 11) is 1.64. The Morgan fingerprint density at radius 2 is 2.11 bits per heavy atom. The monoisotopic (exact) mass is 387 g/mol. The second-order valence-corrected chi connectivity index (χ2v) is 7.36. The smallest absolute Gasteiger partial charge is 0.317 e. The van der Waals surface area contributed by atoms with Crippen LogP contribution >= 0.6 is 0 Å². The van der Waals surface area contributed by atoms with Gasteiger partial charge in [0.05, 0.1) is 12.6 Å². The third kappa shape index (κ3) is 3.83. The van der Waals surface area contributed by atoms with Crippen LogP contribution in [0.5, 0.6) is 0 Å². The van der Waals surface area contributed by atoms with E-state index in [1.54, 1.807) is 24.1 Å². The van der Waals surface area contributed by atoms with Crippen molar-refractivity contribution in [3.63, 3.8) is 0 Å². The largest absolute Gasteiger partial charge is 0.339 e. The highest BCUT2D eigenvalue weighted by Gasteiger charge is 2.32. The molecule has 0 spiro atoms. The van der Waals surface area contributed by atoms with Gasteiger partial charge in [-0.3, -0.25) is 4.79 Å². The number of carbonyl (C=O) groups excluding carboxylic acids is 2. The third-order valence-electron chi connectivity index (χ3n) is 5.25. The summed E-state index contributed by atoms with van der Waals surface area (Å²) in [4.78, 5) is 32.1. The second-order valence-electron chi connectivity index (χ2n) is 7.36. The van der Waals surface area contributed by atoms with Crippen molar-refractivity contribution >= 4 is 17.6 Å². The van der Waals surface area contributed by atoms with Crippen LogP contribution in [-0.2, 0) is 11.3 Å². The molecule has 1 saturated heterocycles. The molecule has 9 heteroatoms. The van der Waals surface area contributed by atoms with Gasteiger partial charge in [0.15, 0.2) is 5.82 Å². The van der Waals surface area contributed by atoms with E-state index in [4.69, 9.17) is 4.52 Å². The molecule has 8 nitrogen and oxygen atoms in total. The molecule has 0 radical (unpaired) electrons. The van der Waals surface area contributed by atoms with Crippen LogP contribution in [0.25, 0.3) is 0 Å². The van der Waals surface area contributed by atoms with E-state index >= 15 is 0 Å². The fraction of sp³-hybridized carbons (Fsp3) is 0.474. The number of anilines is 1. The maximum absolute atomic E-state index is 13.1. The highest BCUT2D eigenvalue weighted by atomic mass is 19.1. The number of hydrogen-bond donors (Lipinski definition) is 1. The summed E-state index contributed by atoms with van der Waals surface area (Å²) in [5, 5.41) is 6.80. The average molecular weight is 387 g/mol. The molecule has 1 unspecified atom stereocenters. The first-order valence-corrected chi connectivity index (χ1v) is 9.39. The molecule has 2 aromatic rings. The Bertz CT molecular complexity index is 865.